The summed E-state index contributed by atoms with van der Waals surface area (Å²) in [6.07, 6.45) is 3.62. The van der Waals surface area contributed by atoms with Gasteiger partial charge in [-0.1, -0.05) is 11.6 Å². The lowest BCUT2D eigenvalue weighted by atomic mass is 9.73. The summed E-state index contributed by atoms with van der Waals surface area (Å²) in [4.78, 5) is 23.1. The molecule has 3 aliphatic heterocycles. The number of pyridine rings is 1. The van der Waals surface area contributed by atoms with Gasteiger partial charge in [0.2, 0.25) is 0 Å². The Labute approximate surface area is 196 Å². The van der Waals surface area contributed by atoms with Crippen LogP contribution in [0.25, 0.3) is 0 Å². The third-order valence-corrected chi connectivity index (χ3v) is 7.09. The summed E-state index contributed by atoms with van der Waals surface area (Å²) >= 11 is 6.20. The molecule has 4 heterocycles. The molecule has 0 atom stereocenters. The molecule has 172 valence electrons. The Morgan fingerprint density at radius 1 is 1.18 bits per heavy atom. The number of benzene rings is 1. The summed E-state index contributed by atoms with van der Waals surface area (Å²) in [5.74, 6) is 1.17. The Morgan fingerprint density at radius 3 is 2.73 bits per heavy atom. The number of hydrogen-bond donors (Lipinski definition) is 2. The second-order valence-electron chi connectivity index (χ2n) is 9.58. The van der Waals surface area contributed by atoms with Crippen molar-refractivity contribution >= 4 is 35.0 Å². The lowest BCUT2D eigenvalue weighted by molar-refractivity contribution is 0.00748. The third kappa shape index (κ3) is 4.11. The molecule has 2 amide bonds. The number of nitrogens with one attached hydrogen (secondary N) is 2. The molecule has 0 bridgehead atoms. The highest BCUT2D eigenvalue weighted by atomic mass is 35.5. The van der Waals surface area contributed by atoms with Gasteiger partial charge >= 0.3 is 6.03 Å². The minimum atomic E-state index is -0.335. The number of fused-ring (bicyclic) bond motifs is 1. The maximum atomic E-state index is 13.1. The summed E-state index contributed by atoms with van der Waals surface area (Å²) < 4.78 is 13.1. The van der Waals surface area contributed by atoms with Gasteiger partial charge in [0, 0.05) is 54.9 Å². The molecule has 6 rings (SSSR count). The van der Waals surface area contributed by atoms with Crippen LogP contribution in [0, 0.1) is 11.2 Å². The second-order valence-corrected chi connectivity index (χ2v) is 10.0. The molecular weight excluding hydrogens is 445 g/mol. The van der Waals surface area contributed by atoms with Gasteiger partial charge in [0.1, 0.15) is 17.5 Å². The number of hydrazone groups is 1. The van der Waals surface area contributed by atoms with Crippen molar-refractivity contribution in [1.29, 1.82) is 0 Å². The van der Waals surface area contributed by atoms with E-state index >= 15 is 0 Å². The van der Waals surface area contributed by atoms with Crippen LogP contribution in [0.3, 0.4) is 0 Å². The van der Waals surface area contributed by atoms with E-state index in [-0.39, 0.29) is 17.3 Å². The van der Waals surface area contributed by atoms with Crippen LogP contribution >= 0.6 is 11.6 Å². The number of hydrogen-bond acceptors (Lipinski definition) is 5. The molecule has 33 heavy (non-hydrogen) atoms. The van der Waals surface area contributed by atoms with Crippen molar-refractivity contribution in [2.75, 3.05) is 42.9 Å². The summed E-state index contributed by atoms with van der Waals surface area (Å²) in [5, 5.41) is 8.52. The van der Waals surface area contributed by atoms with Crippen LogP contribution in [0.5, 0.6) is 0 Å². The first-order valence-corrected chi connectivity index (χ1v) is 11.6. The fourth-order valence-corrected chi connectivity index (χ4v) is 5.21. The predicted octanol–water partition coefficient (Wildman–Crippen LogP) is 3.11. The van der Waals surface area contributed by atoms with Crippen molar-refractivity contribution in [1.82, 2.24) is 20.2 Å². The summed E-state index contributed by atoms with van der Waals surface area (Å²) in [6.45, 7) is 4.48. The molecule has 1 saturated carbocycles. The number of carbonyl (C=O) groups is 1. The van der Waals surface area contributed by atoms with E-state index < -0.39 is 0 Å². The van der Waals surface area contributed by atoms with E-state index in [1.807, 2.05) is 18.2 Å². The molecule has 1 spiro atoms. The van der Waals surface area contributed by atoms with E-state index in [0.717, 1.165) is 47.6 Å². The SMILES string of the molecule is O=C(N/N=C1/CN(C2CC2)Cc2cc(Cl)ccc2N1)N1CC2(C1)CN(c1ccc(F)cn1)C2. The monoisotopic (exact) mass is 469 g/mol. The molecule has 0 radical (unpaired) electrons. The lowest BCUT2D eigenvalue weighted by Gasteiger charge is -2.60. The molecule has 2 N–H and O–H groups in total. The largest absolute Gasteiger partial charge is 0.355 e. The molecule has 8 nitrogen and oxygen atoms in total. The van der Waals surface area contributed by atoms with Crippen molar-refractivity contribution in [3.63, 3.8) is 0 Å². The minimum Gasteiger partial charge on any atom is -0.355 e. The van der Waals surface area contributed by atoms with Gasteiger partial charge < -0.3 is 15.1 Å². The Bertz CT molecular complexity index is 1110. The number of amides is 2. The summed E-state index contributed by atoms with van der Waals surface area (Å²) in [5.41, 5.74) is 4.94. The highest BCUT2D eigenvalue weighted by Gasteiger charge is 2.53. The van der Waals surface area contributed by atoms with Crippen LogP contribution in [0.1, 0.15) is 18.4 Å². The zero-order valence-electron chi connectivity index (χ0n) is 18.1. The molecule has 1 aromatic carbocycles. The number of nitrogens with zero attached hydrogens (tertiary/aromatic N) is 5. The number of likely N-dealkylation sites (tertiary alicyclic amines) is 1. The Kier molecular flexibility index (Phi) is 4.92. The fraction of sp³-hybridized carbons (Fsp3) is 0.435. The van der Waals surface area contributed by atoms with Crippen molar-refractivity contribution < 1.29 is 9.18 Å². The standard InChI is InChI=1S/C23H25ClFN7O/c24-16-1-5-19-15(7-16)9-30(18-3-4-18)10-20(27-19)28-29-22(33)32-13-23(14-32)11-31(12-23)21-6-2-17(25)8-26-21/h1-2,5-8,18H,3-4,9-14H2,(H,27,28)(H,29,33). The number of amidine groups is 1. The van der Waals surface area contributed by atoms with Crippen LogP contribution in [0.4, 0.5) is 20.7 Å². The quantitative estimate of drug-likeness (QED) is 0.675. The number of carbonyl (C=O) groups excluding carboxylic acids is 1. The zero-order valence-corrected chi connectivity index (χ0v) is 18.9. The van der Waals surface area contributed by atoms with E-state index in [1.54, 1.807) is 11.0 Å². The Balaban J connectivity index is 1.05. The minimum absolute atomic E-state index is 0.0993. The average molecular weight is 470 g/mol. The average Bonchev–Trinajstić information content (AvgIpc) is 3.58. The number of urea groups is 1. The third-order valence-electron chi connectivity index (χ3n) is 6.85. The van der Waals surface area contributed by atoms with E-state index in [1.165, 1.54) is 25.1 Å². The molecule has 1 aromatic heterocycles. The van der Waals surface area contributed by atoms with Gasteiger partial charge in [-0.2, -0.15) is 5.10 Å². The van der Waals surface area contributed by atoms with Crippen molar-refractivity contribution in [3.8, 4) is 0 Å². The number of aromatic nitrogens is 1. The summed E-state index contributed by atoms with van der Waals surface area (Å²) in [7, 11) is 0. The second kappa shape index (κ2) is 7.85. The lowest BCUT2D eigenvalue weighted by Crippen LogP contribution is -2.73. The van der Waals surface area contributed by atoms with Gasteiger partial charge in [-0.3, -0.25) is 4.90 Å². The van der Waals surface area contributed by atoms with Crippen LogP contribution in [-0.4, -0.2) is 65.4 Å². The van der Waals surface area contributed by atoms with Gasteiger partial charge in [0.15, 0.2) is 0 Å². The fourth-order valence-electron chi connectivity index (χ4n) is 5.01. The van der Waals surface area contributed by atoms with E-state index in [0.29, 0.717) is 25.7 Å². The molecule has 10 heteroatoms. The summed E-state index contributed by atoms with van der Waals surface area (Å²) in [6, 6.07) is 9.30. The number of halogens is 2. The molecule has 0 unspecified atom stereocenters. The van der Waals surface area contributed by atoms with E-state index in [4.69, 9.17) is 11.6 Å². The van der Waals surface area contributed by atoms with Gasteiger partial charge in [-0.25, -0.2) is 19.6 Å². The molecule has 4 aliphatic rings. The number of rotatable bonds is 3. The highest BCUT2D eigenvalue weighted by molar-refractivity contribution is 6.30. The van der Waals surface area contributed by atoms with Crippen molar-refractivity contribution in [3.05, 3.63) is 52.9 Å². The Hall–Kier alpha value is -2.91. The van der Waals surface area contributed by atoms with Crippen molar-refractivity contribution in [2.45, 2.75) is 25.4 Å². The van der Waals surface area contributed by atoms with Crippen LogP contribution in [0.15, 0.2) is 41.6 Å². The van der Waals surface area contributed by atoms with Gasteiger partial charge in [-0.15, -0.1) is 0 Å². The van der Waals surface area contributed by atoms with Crippen LogP contribution < -0.4 is 15.6 Å². The van der Waals surface area contributed by atoms with Crippen LogP contribution in [-0.2, 0) is 6.54 Å². The highest BCUT2D eigenvalue weighted by Crippen LogP contribution is 2.41. The smallest absolute Gasteiger partial charge is 0.337 e. The zero-order chi connectivity index (χ0) is 22.6. The first-order valence-electron chi connectivity index (χ1n) is 11.2. The first-order chi connectivity index (χ1) is 16.0. The Morgan fingerprint density at radius 2 is 2.00 bits per heavy atom. The van der Waals surface area contributed by atoms with Gasteiger partial charge in [0.05, 0.1) is 12.7 Å². The topological polar surface area (TPSA) is 76.1 Å². The normalized spacial score (nSPS) is 22.8. The molecule has 1 aliphatic carbocycles. The molecule has 2 saturated heterocycles. The first kappa shape index (κ1) is 20.7. The molecular formula is C23H25ClFN7O. The van der Waals surface area contributed by atoms with E-state index in [9.17, 15) is 9.18 Å². The molecule has 3 fully saturated rings. The maximum Gasteiger partial charge on any atom is 0.337 e. The molecule has 2 aromatic rings. The maximum absolute atomic E-state index is 13.1. The predicted molar refractivity (Wildman–Crippen MR) is 125 cm³/mol. The van der Waals surface area contributed by atoms with Gasteiger partial charge in [0.25, 0.3) is 0 Å². The van der Waals surface area contributed by atoms with Crippen LogP contribution in [0.2, 0.25) is 5.02 Å². The van der Waals surface area contributed by atoms with E-state index in [2.05, 4.69) is 30.6 Å². The van der Waals surface area contributed by atoms with Crippen molar-refractivity contribution in [2.24, 2.45) is 10.5 Å². The van der Waals surface area contributed by atoms with Gasteiger partial charge in [-0.05, 0) is 48.7 Å². The number of anilines is 2.